The molecule has 0 bridgehead atoms. The van der Waals surface area contributed by atoms with E-state index >= 15 is 0 Å². The van der Waals surface area contributed by atoms with E-state index in [0.717, 1.165) is 23.0 Å². The standard InChI is InChI=1S/C14H14BrN5/c15-11-6-1-2-7-12(11)20-13(17)10(8-16)14(19-20)18-9-4-3-5-9/h1-2,6-7,9H,3-5,17H2,(H,18,19). The topological polar surface area (TPSA) is 79.7 Å². The normalized spacial score (nSPS) is 14.6. The fourth-order valence-electron chi connectivity index (χ4n) is 2.20. The number of hydrogen-bond donors (Lipinski definition) is 2. The Balaban J connectivity index is 2.04. The first-order chi connectivity index (χ1) is 9.70. The van der Waals surface area contributed by atoms with Crippen LogP contribution < -0.4 is 11.1 Å². The Morgan fingerprint density at radius 1 is 1.40 bits per heavy atom. The summed E-state index contributed by atoms with van der Waals surface area (Å²) in [6.07, 6.45) is 3.46. The van der Waals surface area contributed by atoms with Gasteiger partial charge in [0.1, 0.15) is 17.5 Å². The fourth-order valence-corrected chi connectivity index (χ4v) is 2.65. The molecule has 0 amide bonds. The van der Waals surface area contributed by atoms with Crippen LogP contribution in [-0.4, -0.2) is 15.8 Å². The fraction of sp³-hybridized carbons (Fsp3) is 0.286. The quantitative estimate of drug-likeness (QED) is 0.905. The smallest absolute Gasteiger partial charge is 0.168 e. The van der Waals surface area contributed by atoms with Gasteiger partial charge >= 0.3 is 0 Å². The van der Waals surface area contributed by atoms with Crippen molar-refractivity contribution in [1.82, 2.24) is 9.78 Å². The maximum Gasteiger partial charge on any atom is 0.168 e. The number of nitrogens with two attached hydrogens (primary N) is 1. The number of nitriles is 1. The molecule has 1 fully saturated rings. The Labute approximate surface area is 125 Å². The van der Waals surface area contributed by atoms with Crippen LogP contribution in [0.25, 0.3) is 5.69 Å². The summed E-state index contributed by atoms with van der Waals surface area (Å²) in [5.41, 5.74) is 7.30. The largest absolute Gasteiger partial charge is 0.382 e. The van der Waals surface area contributed by atoms with E-state index in [9.17, 15) is 5.26 Å². The summed E-state index contributed by atoms with van der Waals surface area (Å²) < 4.78 is 2.48. The van der Waals surface area contributed by atoms with Crippen LogP contribution in [0.4, 0.5) is 11.6 Å². The van der Waals surface area contributed by atoms with E-state index in [1.54, 1.807) is 4.68 Å². The number of benzene rings is 1. The van der Waals surface area contributed by atoms with Crippen LogP contribution in [0.5, 0.6) is 0 Å². The van der Waals surface area contributed by atoms with Crippen molar-refractivity contribution in [1.29, 1.82) is 5.26 Å². The third-order valence-corrected chi connectivity index (χ3v) is 4.23. The molecule has 1 aromatic carbocycles. The summed E-state index contributed by atoms with van der Waals surface area (Å²) >= 11 is 3.48. The summed E-state index contributed by atoms with van der Waals surface area (Å²) in [6.45, 7) is 0. The van der Waals surface area contributed by atoms with Crippen LogP contribution in [0.2, 0.25) is 0 Å². The molecule has 102 valence electrons. The Hall–Kier alpha value is -2.00. The Morgan fingerprint density at radius 2 is 2.15 bits per heavy atom. The Bertz CT molecular complexity index is 681. The van der Waals surface area contributed by atoms with Gasteiger partial charge in [-0.1, -0.05) is 12.1 Å². The van der Waals surface area contributed by atoms with E-state index in [1.807, 2.05) is 24.3 Å². The second kappa shape index (κ2) is 5.17. The molecule has 0 atom stereocenters. The number of rotatable bonds is 3. The van der Waals surface area contributed by atoms with Crippen LogP contribution in [0.1, 0.15) is 24.8 Å². The second-order valence-corrected chi connectivity index (χ2v) is 5.71. The molecule has 0 unspecified atom stereocenters. The van der Waals surface area contributed by atoms with Crippen molar-refractivity contribution in [3.63, 3.8) is 0 Å². The average Bonchev–Trinajstić information content (AvgIpc) is 2.71. The van der Waals surface area contributed by atoms with Gasteiger partial charge in [0, 0.05) is 10.5 Å². The first-order valence-electron chi connectivity index (χ1n) is 6.50. The molecule has 5 nitrogen and oxygen atoms in total. The van der Waals surface area contributed by atoms with Gasteiger partial charge in [0.2, 0.25) is 0 Å². The number of halogens is 1. The predicted octanol–water partition coefficient (Wildman–Crippen LogP) is 3.05. The van der Waals surface area contributed by atoms with Crippen molar-refractivity contribution in [3.05, 3.63) is 34.3 Å². The highest BCUT2D eigenvalue weighted by Crippen LogP contribution is 2.30. The summed E-state index contributed by atoms with van der Waals surface area (Å²) in [6, 6.07) is 10.2. The highest BCUT2D eigenvalue weighted by atomic mass is 79.9. The van der Waals surface area contributed by atoms with E-state index in [-0.39, 0.29) is 0 Å². The summed E-state index contributed by atoms with van der Waals surface area (Å²) in [7, 11) is 0. The molecule has 20 heavy (non-hydrogen) atoms. The van der Waals surface area contributed by atoms with Crippen molar-refractivity contribution in [3.8, 4) is 11.8 Å². The van der Waals surface area contributed by atoms with Crippen molar-refractivity contribution >= 4 is 27.6 Å². The third kappa shape index (κ3) is 2.14. The molecule has 2 aromatic rings. The van der Waals surface area contributed by atoms with E-state index in [2.05, 4.69) is 32.4 Å². The number of nitrogens with one attached hydrogen (secondary N) is 1. The lowest BCUT2D eigenvalue weighted by molar-refractivity contribution is 0.444. The zero-order valence-electron chi connectivity index (χ0n) is 10.8. The average molecular weight is 332 g/mol. The minimum Gasteiger partial charge on any atom is -0.382 e. The molecule has 1 aromatic heterocycles. The molecule has 6 heteroatoms. The van der Waals surface area contributed by atoms with E-state index in [1.165, 1.54) is 6.42 Å². The maximum atomic E-state index is 9.30. The number of para-hydroxylation sites is 1. The molecule has 1 heterocycles. The molecule has 1 aliphatic rings. The molecular weight excluding hydrogens is 318 g/mol. The van der Waals surface area contributed by atoms with Crippen LogP contribution >= 0.6 is 15.9 Å². The molecule has 0 saturated heterocycles. The van der Waals surface area contributed by atoms with Crippen LogP contribution in [0.15, 0.2) is 28.7 Å². The Morgan fingerprint density at radius 3 is 2.75 bits per heavy atom. The summed E-state index contributed by atoms with van der Waals surface area (Å²) in [5.74, 6) is 0.937. The van der Waals surface area contributed by atoms with Gasteiger partial charge in [-0.15, -0.1) is 5.10 Å². The van der Waals surface area contributed by atoms with Crippen molar-refractivity contribution in [2.24, 2.45) is 0 Å². The zero-order valence-corrected chi connectivity index (χ0v) is 12.4. The van der Waals surface area contributed by atoms with Gasteiger partial charge in [-0.25, -0.2) is 4.68 Å². The van der Waals surface area contributed by atoms with Gasteiger partial charge in [-0.2, -0.15) is 5.26 Å². The number of nitrogens with zero attached hydrogens (tertiary/aromatic N) is 3. The van der Waals surface area contributed by atoms with Crippen molar-refractivity contribution < 1.29 is 0 Å². The molecule has 1 saturated carbocycles. The van der Waals surface area contributed by atoms with Gasteiger partial charge in [0.15, 0.2) is 5.82 Å². The Kier molecular flexibility index (Phi) is 3.36. The zero-order chi connectivity index (χ0) is 14.1. The highest BCUT2D eigenvalue weighted by molar-refractivity contribution is 9.10. The molecular formula is C14H14BrN5. The maximum absolute atomic E-state index is 9.30. The minimum atomic E-state index is 0.362. The lowest BCUT2D eigenvalue weighted by Gasteiger charge is -2.26. The summed E-state index contributed by atoms with van der Waals surface area (Å²) in [4.78, 5) is 0. The first-order valence-corrected chi connectivity index (χ1v) is 7.30. The van der Waals surface area contributed by atoms with Gasteiger partial charge < -0.3 is 11.1 Å². The number of aromatic nitrogens is 2. The number of nitrogen functional groups attached to an aromatic ring is 1. The number of hydrogen-bond acceptors (Lipinski definition) is 4. The molecule has 0 radical (unpaired) electrons. The highest BCUT2D eigenvalue weighted by Gasteiger charge is 2.23. The van der Waals surface area contributed by atoms with E-state index < -0.39 is 0 Å². The molecule has 1 aliphatic carbocycles. The van der Waals surface area contributed by atoms with E-state index in [4.69, 9.17) is 5.73 Å². The summed E-state index contributed by atoms with van der Waals surface area (Å²) in [5, 5.41) is 17.1. The van der Waals surface area contributed by atoms with E-state index in [0.29, 0.717) is 23.2 Å². The third-order valence-electron chi connectivity index (χ3n) is 3.56. The second-order valence-electron chi connectivity index (χ2n) is 4.86. The lowest BCUT2D eigenvalue weighted by atomic mass is 9.93. The molecule has 3 rings (SSSR count). The van der Waals surface area contributed by atoms with Crippen molar-refractivity contribution in [2.75, 3.05) is 11.1 Å². The SMILES string of the molecule is N#Cc1c(NC2CCC2)nn(-c2ccccc2Br)c1N. The van der Waals surface area contributed by atoms with Crippen LogP contribution in [0.3, 0.4) is 0 Å². The minimum absolute atomic E-state index is 0.362. The van der Waals surface area contributed by atoms with Gasteiger partial charge in [-0.05, 0) is 47.3 Å². The van der Waals surface area contributed by atoms with Crippen molar-refractivity contribution in [2.45, 2.75) is 25.3 Å². The van der Waals surface area contributed by atoms with Gasteiger partial charge in [0.25, 0.3) is 0 Å². The molecule has 0 spiro atoms. The molecule has 0 aliphatic heterocycles. The lowest BCUT2D eigenvalue weighted by Crippen LogP contribution is -2.27. The number of anilines is 2. The monoisotopic (exact) mass is 331 g/mol. The first kappa shape index (κ1) is 13.0. The van der Waals surface area contributed by atoms with Gasteiger partial charge in [0.05, 0.1) is 5.69 Å². The van der Waals surface area contributed by atoms with Crippen LogP contribution in [-0.2, 0) is 0 Å². The van der Waals surface area contributed by atoms with Gasteiger partial charge in [-0.3, -0.25) is 0 Å². The molecule has 3 N–H and O–H groups in total. The predicted molar refractivity (Wildman–Crippen MR) is 81.7 cm³/mol. The van der Waals surface area contributed by atoms with Crippen LogP contribution in [0, 0.1) is 11.3 Å².